The zero-order valence-electron chi connectivity index (χ0n) is 80.3. The van der Waals surface area contributed by atoms with E-state index >= 15 is 0 Å². The Kier molecular flexibility index (Phi) is 42.5. The molecule has 6 aromatic heterocycles. The van der Waals surface area contributed by atoms with Gasteiger partial charge in [-0.05, 0) is 300 Å². The molecule has 28 nitrogen and oxygen atoms in total. The van der Waals surface area contributed by atoms with Crippen LogP contribution in [0.15, 0.2) is 165 Å². The van der Waals surface area contributed by atoms with E-state index < -0.39 is 5.97 Å². The van der Waals surface area contributed by atoms with Gasteiger partial charge in [0.15, 0.2) is 32.1 Å². The SMILES string of the molecule is C.CCOC(=O)c1cnc(SC)nc1.CCOC(=O)c1cnc(SC)nc1NC1CC2CC2C1.CPC.CSc1ncc(C=O)c(NC2CC3CC3C2)n1.CSc1ncc(CO)c(NC2CC3CC3C2)n1.CSc1ncc2ccc(=O)n(C3C[C@@H]4C[C@@H]4C3)c2n1.NC1CC2CC2C1.O=C(CC1CC2CC2C1)OCc1ccccc1.O=C(CC1CC=CC1)OCc1ccccc1.O=C(O)C1CC=CC1. The van der Waals surface area contributed by atoms with E-state index in [0.29, 0.717) is 125 Å². The van der Waals surface area contributed by atoms with Crippen LogP contribution < -0.4 is 27.2 Å². The summed E-state index contributed by atoms with van der Waals surface area (Å²) in [6.07, 6.45) is 56.1. The minimum Gasteiger partial charge on any atom is -0.481 e. The highest BCUT2D eigenvalue weighted by atomic mass is 32.2. The van der Waals surface area contributed by atoms with Crippen LogP contribution in [-0.2, 0) is 53.2 Å². The van der Waals surface area contributed by atoms with Crippen LogP contribution in [-0.4, -0.2) is 183 Å². The zero-order chi connectivity index (χ0) is 96.9. The first-order chi connectivity index (χ1) is 66.6. The summed E-state index contributed by atoms with van der Waals surface area (Å²) in [5.41, 5.74) is 10.8. The number of thioether (sulfide) groups is 5. The smallest absolute Gasteiger partial charge is 0.343 e. The van der Waals surface area contributed by atoms with Crippen molar-refractivity contribution in [2.24, 2.45) is 94.5 Å². The van der Waals surface area contributed by atoms with E-state index in [2.05, 4.69) is 91.3 Å². The number of nitrogens with two attached hydrogens (primary N) is 1. The number of aliphatic hydroxyl groups is 1. The van der Waals surface area contributed by atoms with E-state index in [0.717, 1.165) is 168 Å². The van der Waals surface area contributed by atoms with Gasteiger partial charge in [-0.25, -0.2) is 59.4 Å². The van der Waals surface area contributed by atoms with Crippen molar-refractivity contribution in [1.82, 2.24) is 54.4 Å². The van der Waals surface area contributed by atoms with E-state index in [4.69, 9.17) is 29.8 Å². The fourth-order valence-corrected chi connectivity index (χ4v) is 21.7. The molecule has 138 heavy (non-hydrogen) atoms. The summed E-state index contributed by atoms with van der Waals surface area (Å²) in [5.74, 6) is 12.8. The number of hydrogen-bond donors (Lipinski definition) is 6. The Hall–Kier alpha value is -8.95. The molecule has 13 atom stereocenters. The summed E-state index contributed by atoms with van der Waals surface area (Å²) in [6.45, 7) is 9.39. The third-order valence-corrected chi connectivity index (χ3v) is 30.5. The number of aliphatic hydroxyl groups excluding tert-OH is 1. The number of pyridine rings is 1. The molecule has 0 spiro atoms. The number of hydrogen-bond acceptors (Lipinski definition) is 31. The summed E-state index contributed by atoms with van der Waals surface area (Å²) in [6, 6.07) is 25.5. The average molecular weight is 2000 g/mol. The molecule has 34 heteroatoms. The number of ether oxygens (including phenoxy) is 4. The first kappa shape index (κ1) is 108. The first-order valence-electron chi connectivity index (χ1n) is 48.5. The largest absolute Gasteiger partial charge is 0.481 e. The number of benzene rings is 2. The van der Waals surface area contributed by atoms with Crippen molar-refractivity contribution in [1.29, 1.82) is 0 Å². The first-order valence-corrected chi connectivity index (χ1v) is 56.7. The lowest BCUT2D eigenvalue weighted by molar-refractivity contribution is -0.147. The molecule has 14 aliphatic rings. The number of aliphatic carboxylic acids is 1. The van der Waals surface area contributed by atoms with Gasteiger partial charge in [0.2, 0.25) is 0 Å². The van der Waals surface area contributed by atoms with Crippen LogP contribution in [0.2, 0.25) is 0 Å². The molecule has 6 heterocycles. The van der Waals surface area contributed by atoms with Gasteiger partial charge in [-0.3, -0.25) is 28.5 Å². The van der Waals surface area contributed by atoms with Crippen LogP contribution in [0.4, 0.5) is 17.5 Å². The number of anilines is 3. The number of carbonyl (C=O) groups is 6. The Morgan fingerprint density at radius 2 is 0.862 bits per heavy atom. The Labute approximate surface area is 836 Å². The Balaban J connectivity index is 0.000000140. The third kappa shape index (κ3) is 33.3. The number of allylic oxidation sites excluding steroid dienone is 4. The van der Waals surface area contributed by atoms with Gasteiger partial charge >= 0.3 is 29.8 Å². The van der Waals surface area contributed by atoms with E-state index in [1.54, 1.807) is 38.5 Å². The molecular formula is C104H140N15O13PS5. The molecule has 0 aliphatic heterocycles. The predicted octanol–water partition coefficient (Wildman–Crippen LogP) is 20.2. The lowest BCUT2D eigenvalue weighted by atomic mass is 10.00. The van der Waals surface area contributed by atoms with Gasteiger partial charge in [0, 0.05) is 97.2 Å². The molecule has 11 unspecified atom stereocenters. The topological polar surface area (TPSA) is 393 Å². The van der Waals surface area contributed by atoms with Crippen molar-refractivity contribution in [3.8, 4) is 0 Å². The van der Waals surface area contributed by atoms with Gasteiger partial charge in [-0.15, -0.1) is 8.58 Å². The molecule has 2 aromatic carbocycles. The number of aldehydes is 1. The van der Waals surface area contributed by atoms with Gasteiger partial charge in [-0.2, -0.15) is 0 Å². The molecule has 8 aromatic rings. The number of esters is 4. The summed E-state index contributed by atoms with van der Waals surface area (Å²) in [7, 11) is 1.08. The normalized spacial score (nSPS) is 25.7. The molecule has 0 saturated heterocycles. The number of rotatable bonds is 27. The highest BCUT2D eigenvalue weighted by Crippen LogP contribution is 2.58. The van der Waals surface area contributed by atoms with Crippen LogP contribution in [0, 0.1) is 88.8 Å². The van der Waals surface area contributed by atoms with Gasteiger partial charge in [0.05, 0.1) is 36.9 Å². The van der Waals surface area contributed by atoms with Crippen LogP contribution in [0.3, 0.4) is 0 Å². The van der Waals surface area contributed by atoms with E-state index in [9.17, 15) is 38.7 Å². The monoisotopic (exact) mass is 2000 g/mol. The van der Waals surface area contributed by atoms with Gasteiger partial charge in [0.25, 0.3) is 5.56 Å². The molecule has 7 N–H and O–H groups in total. The molecule has 0 bridgehead atoms. The number of carbonyl (C=O) groups excluding carboxylic acids is 5. The average Bonchev–Trinajstić information content (AvgIpc) is 1.63. The molecular weight excluding hydrogens is 1860 g/mol. The van der Waals surface area contributed by atoms with E-state index in [1.165, 1.54) is 174 Å². The zero-order valence-corrected chi connectivity index (χ0v) is 85.3. The van der Waals surface area contributed by atoms with Crippen molar-refractivity contribution >= 4 is 132 Å². The van der Waals surface area contributed by atoms with Crippen LogP contribution in [0.25, 0.3) is 11.0 Å². The second-order valence-corrected chi connectivity index (χ2v) is 42.9. The maximum Gasteiger partial charge on any atom is 0.343 e. The number of nitrogens with zero attached hydrogens (tertiary/aromatic N) is 11. The quantitative estimate of drug-likeness (QED) is 0.00529. The number of aromatic nitrogens is 11. The summed E-state index contributed by atoms with van der Waals surface area (Å²) < 4.78 is 22.3. The van der Waals surface area contributed by atoms with Crippen molar-refractivity contribution in [2.45, 2.75) is 251 Å². The number of carboxylic acid groups (broad SMARTS) is 1. The molecule has 12 fully saturated rings. The molecule has 12 saturated carbocycles. The fourth-order valence-electron chi connectivity index (χ4n) is 20.0. The van der Waals surface area contributed by atoms with Gasteiger partial charge in [0.1, 0.15) is 41.9 Å². The van der Waals surface area contributed by atoms with Crippen molar-refractivity contribution in [2.75, 3.05) is 73.8 Å². The summed E-state index contributed by atoms with van der Waals surface area (Å²) in [5, 5.41) is 32.4. The summed E-state index contributed by atoms with van der Waals surface area (Å²) in [4.78, 5) is 122. The third-order valence-electron chi connectivity index (χ3n) is 27.7. The number of nitrogens with one attached hydrogen (secondary N) is 3. The second-order valence-electron chi connectivity index (χ2n) is 38.0. The van der Waals surface area contributed by atoms with Crippen LogP contribution >= 0.6 is 67.4 Å². The van der Waals surface area contributed by atoms with E-state index in [-0.39, 0.29) is 49.4 Å². The molecule has 744 valence electrons. The molecule has 14 aliphatic carbocycles. The number of carboxylic acids is 1. The Morgan fingerprint density at radius 1 is 0.464 bits per heavy atom. The maximum absolute atomic E-state index is 12.2. The van der Waals surface area contributed by atoms with Crippen molar-refractivity contribution in [3.63, 3.8) is 0 Å². The lowest BCUT2D eigenvalue weighted by Gasteiger charge is -2.17. The maximum atomic E-state index is 12.2. The lowest BCUT2D eigenvalue weighted by Crippen LogP contribution is -2.24. The highest BCUT2D eigenvalue weighted by Gasteiger charge is 2.50. The highest BCUT2D eigenvalue weighted by molar-refractivity contribution is 7.99. The Morgan fingerprint density at radius 3 is 1.31 bits per heavy atom. The Bertz CT molecular complexity index is 5340. The van der Waals surface area contributed by atoms with Gasteiger partial charge < -0.3 is 50.8 Å². The predicted molar refractivity (Wildman–Crippen MR) is 552 cm³/mol. The van der Waals surface area contributed by atoms with Crippen molar-refractivity contribution < 1.29 is 57.9 Å². The van der Waals surface area contributed by atoms with Crippen LogP contribution in [0.1, 0.15) is 229 Å². The molecule has 0 amide bonds. The standard InChI is InChI=1S/C15H18O2.C14H19N3O2S.C14H15N3OS.C14H16O2.C12H17N3OS.C12H15N3OS.C8H10N2O2S.C6H11N.C6H8O2.C2H7P.CH4/c16-15(8-12-6-13-9-14(13)7-12)17-10-11-4-2-1-3-5-11;1-3-19-13(18)11-7-15-14(20-2)17-12(11)16-10-5-8-4-9(8)6-10;1-19-14-15-7-8-2-3-12(18)17(13(8)16-14)11-5-9-4-10(9)6-11;15-14(10-12-6-4-5-7-12)16-11-13-8-2-1-3-9-13;2*1-17-12-13-5-9(6-16)11(15-12)14-10-3-7-2-8(7)4-10;1-3-12-7(11)6-4-9-8(13-2)10-5-6;7-6-2-4-1-5(4)3-6;7-6(8)5-3-1-2-4-5;1-3-2;/h1-5,12-14H,6-10H2;7-10H,3-6H2,1-2H3,(H,15,16,17);2-3,7,9-11H,4-6H2,1H3;1-5,8-9,12H,6-7,10-11H2;5,7-8,10,16H,2-4,6H2,1H3,(H,13,14,15);5-8,10H,2-4H2,1H3,(H,13,14,15);4-5H,3H2,1-2H3;4-6H,1-3,7H2;1-2,5H,3-4H2,(H,7,8);3H,1-2H3;1H4/t;;9-,10+,11?;;;;;;;;. The second kappa shape index (κ2) is 54.3. The molecule has 22 rings (SSSR count). The van der Waals surface area contributed by atoms with Gasteiger partial charge in [-0.1, -0.05) is 151 Å². The fraction of sp³-hybridized carbons (Fsp3) is 0.567. The minimum atomic E-state index is -0.671. The summed E-state index contributed by atoms with van der Waals surface area (Å²) >= 11 is 7.43. The van der Waals surface area contributed by atoms with Crippen LogP contribution in [0.5, 0.6) is 0 Å². The number of fused-ring (bicyclic) bond motifs is 7. The molecule has 0 radical (unpaired) electrons. The van der Waals surface area contributed by atoms with E-state index in [1.807, 2.05) is 121 Å². The minimum absolute atomic E-state index is 0. The van der Waals surface area contributed by atoms with Crippen molar-refractivity contribution in [3.05, 3.63) is 178 Å².